The maximum atomic E-state index is 10.6. The SMILES string of the molecule is CN=C(C=C(N)C(C)(C)C)NC(N)=O. The highest BCUT2D eigenvalue weighted by Crippen LogP contribution is 2.19. The number of primary amides is 1. The first kappa shape index (κ1) is 12.5. The van der Waals surface area contributed by atoms with E-state index in [1.54, 1.807) is 13.1 Å². The molecule has 5 heteroatoms. The number of hydrogen-bond donors (Lipinski definition) is 3. The molecule has 0 aliphatic carbocycles. The predicted octanol–water partition coefficient (Wildman–Crippen LogP) is 0.572. The second kappa shape index (κ2) is 4.64. The molecule has 0 atom stereocenters. The fourth-order valence-electron chi connectivity index (χ4n) is 0.647. The van der Waals surface area contributed by atoms with Crippen molar-refractivity contribution in [1.29, 1.82) is 0 Å². The van der Waals surface area contributed by atoms with E-state index in [0.29, 0.717) is 11.5 Å². The highest BCUT2D eigenvalue weighted by molar-refractivity contribution is 6.03. The van der Waals surface area contributed by atoms with Crippen molar-refractivity contribution in [2.45, 2.75) is 20.8 Å². The van der Waals surface area contributed by atoms with Gasteiger partial charge in [0.25, 0.3) is 0 Å². The van der Waals surface area contributed by atoms with Gasteiger partial charge in [-0.25, -0.2) is 4.79 Å². The summed E-state index contributed by atoms with van der Waals surface area (Å²) in [5, 5.41) is 2.37. The van der Waals surface area contributed by atoms with Crippen molar-refractivity contribution in [2.24, 2.45) is 21.9 Å². The summed E-state index contributed by atoms with van der Waals surface area (Å²) >= 11 is 0. The molecule has 0 rings (SSSR count). The van der Waals surface area contributed by atoms with Gasteiger partial charge in [0, 0.05) is 18.2 Å². The van der Waals surface area contributed by atoms with Crippen LogP contribution in [0.2, 0.25) is 0 Å². The minimum absolute atomic E-state index is 0.157. The Morgan fingerprint density at radius 2 is 1.86 bits per heavy atom. The van der Waals surface area contributed by atoms with Crippen molar-refractivity contribution in [3.63, 3.8) is 0 Å². The summed E-state index contributed by atoms with van der Waals surface area (Å²) in [6, 6.07) is -0.649. The molecule has 0 spiro atoms. The molecule has 5 N–H and O–H groups in total. The van der Waals surface area contributed by atoms with Gasteiger partial charge in [-0.05, 0) is 6.08 Å². The first-order chi connectivity index (χ1) is 6.27. The summed E-state index contributed by atoms with van der Waals surface area (Å²) in [6.45, 7) is 5.91. The topological polar surface area (TPSA) is 93.5 Å². The van der Waals surface area contributed by atoms with Crippen molar-refractivity contribution in [2.75, 3.05) is 7.05 Å². The largest absolute Gasteiger partial charge is 0.401 e. The van der Waals surface area contributed by atoms with E-state index in [-0.39, 0.29) is 5.41 Å². The highest BCUT2D eigenvalue weighted by Gasteiger charge is 2.14. The number of rotatable bonds is 1. The van der Waals surface area contributed by atoms with E-state index in [0.717, 1.165) is 0 Å². The van der Waals surface area contributed by atoms with E-state index in [9.17, 15) is 4.79 Å². The molecule has 0 unspecified atom stereocenters. The van der Waals surface area contributed by atoms with E-state index >= 15 is 0 Å². The third-order valence-corrected chi connectivity index (χ3v) is 1.65. The Morgan fingerprint density at radius 3 is 2.14 bits per heavy atom. The van der Waals surface area contributed by atoms with E-state index in [4.69, 9.17) is 11.5 Å². The zero-order valence-electron chi connectivity index (χ0n) is 9.09. The van der Waals surface area contributed by atoms with Crippen LogP contribution in [0.5, 0.6) is 0 Å². The molecule has 0 aromatic rings. The van der Waals surface area contributed by atoms with Crippen LogP contribution in [-0.4, -0.2) is 18.9 Å². The first-order valence-electron chi connectivity index (χ1n) is 4.28. The lowest BCUT2D eigenvalue weighted by Crippen LogP contribution is -2.35. The number of nitrogens with one attached hydrogen (secondary N) is 1. The molecule has 5 nitrogen and oxygen atoms in total. The Morgan fingerprint density at radius 1 is 1.36 bits per heavy atom. The van der Waals surface area contributed by atoms with Crippen molar-refractivity contribution >= 4 is 11.9 Å². The van der Waals surface area contributed by atoms with Gasteiger partial charge in [0.2, 0.25) is 0 Å². The van der Waals surface area contributed by atoms with Crippen molar-refractivity contribution in [3.05, 3.63) is 11.8 Å². The normalized spacial score (nSPS) is 14.0. The van der Waals surface area contributed by atoms with Crippen LogP contribution in [-0.2, 0) is 0 Å². The maximum Gasteiger partial charge on any atom is 0.317 e. The Kier molecular flexibility index (Phi) is 4.14. The van der Waals surface area contributed by atoms with Gasteiger partial charge in [-0.1, -0.05) is 20.8 Å². The summed E-state index contributed by atoms with van der Waals surface area (Å²) in [7, 11) is 1.55. The quantitative estimate of drug-likeness (QED) is 0.424. The van der Waals surface area contributed by atoms with Gasteiger partial charge >= 0.3 is 6.03 Å². The predicted molar refractivity (Wildman–Crippen MR) is 57.8 cm³/mol. The Labute approximate surface area is 84.3 Å². The number of carbonyl (C=O) groups excluding carboxylic acids is 1. The van der Waals surface area contributed by atoms with Crippen LogP contribution in [0.15, 0.2) is 16.8 Å². The van der Waals surface area contributed by atoms with Gasteiger partial charge in [-0.2, -0.15) is 0 Å². The molecule has 0 aliphatic rings. The number of amides is 2. The van der Waals surface area contributed by atoms with Crippen molar-refractivity contribution < 1.29 is 4.79 Å². The first-order valence-corrected chi connectivity index (χ1v) is 4.28. The second-order valence-corrected chi connectivity index (χ2v) is 3.95. The smallest absolute Gasteiger partial charge is 0.317 e. The summed E-state index contributed by atoms with van der Waals surface area (Å²) in [5.74, 6) is 0.366. The molecule has 14 heavy (non-hydrogen) atoms. The van der Waals surface area contributed by atoms with Gasteiger partial charge in [-0.15, -0.1) is 0 Å². The van der Waals surface area contributed by atoms with Crippen LogP contribution in [0.3, 0.4) is 0 Å². The molecule has 80 valence electrons. The fraction of sp³-hybridized carbons (Fsp3) is 0.556. The molecular formula is C9H18N4O. The van der Waals surface area contributed by atoms with Crippen LogP contribution in [0.1, 0.15) is 20.8 Å². The highest BCUT2D eigenvalue weighted by atomic mass is 16.2. The average Bonchev–Trinajstić information content (AvgIpc) is 2.00. The third-order valence-electron chi connectivity index (χ3n) is 1.65. The molecule has 0 fully saturated rings. The number of aliphatic imine (C=N–C) groups is 1. The molecule has 0 saturated heterocycles. The average molecular weight is 198 g/mol. The molecule has 0 bridgehead atoms. The molecule has 0 aliphatic heterocycles. The summed E-state index contributed by atoms with van der Waals surface area (Å²) in [4.78, 5) is 14.4. The number of amidine groups is 1. The Balaban J connectivity index is 4.69. The number of hydrogen-bond acceptors (Lipinski definition) is 3. The standard InChI is InChI=1S/C9H18N4O/c1-9(2,3)6(10)5-7(12-4)13-8(11)14/h5H,10H2,1-4H3,(H3,11,12,13,14). The minimum atomic E-state index is -0.649. The lowest BCUT2D eigenvalue weighted by atomic mass is 9.92. The fourth-order valence-corrected chi connectivity index (χ4v) is 0.647. The van der Waals surface area contributed by atoms with Crippen LogP contribution in [0.4, 0.5) is 4.79 Å². The Bertz CT molecular complexity index is 273. The van der Waals surface area contributed by atoms with E-state index in [1.165, 1.54) is 0 Å². The zero-order valence-corrected chi connectivity index (χ0v) is 9.09. The molecule has 0 saturated carbocycles. The van der Waals surface area contributed by atoms with Crippen LogP contribution < -0.4 is 16.8 Å². The number of nitrogens with two attached hydrogens (primary N) is 2. The van der Waals surface area contributed by atoms with Gasteiger partial charge in [0.15, 0.2) is 0 Å². The second-order valence-electron chi connectivity index (χ2n) is 3.95. The number of nitrogens with zero attached hydrogens (tertiary/aromatic N) is 1. The van der Waals surface area contributed by atoms with Crippen LogP contribution >= 0.6 is 0 Å². The zero-order chi connectivity index (χ0) is 11.4. The number of carbonyl (C=O) groups is 1. The van der Waals surface area contributed by atoms with E-state index in [1.807, 2.05) is 20.8 Å². The van der Waals surface area contributed by atoms with Gasteiger partial charge in [0.1, 0.15) is 5.84 Å². The third kappa shape index (κ3) is 4.49. The van der Waals surface area contributed by atoms with E-state index in [2.05, 4.69) is 10.3 Å². The van der Waals surface area contributed by atoms with Gasteiger partial charge < -0.3 is 11.5 Å². The molecule has 0 radical (unpaired) electrons. The lowest BCUT2D eigenvalue weighted by molar-refractivity contribution is 0.253. The van der Waals surface area contributed by atoms with E-state index < -0.39 is 6.03 Å². The molecule has 0 aromatic heterocycles. The minimum Gasteiger partial charge on any atom is -0.401 e. The summed E-state index contributed by atoms with van der Waals surface area (Å²) < 4.78 is 0. The van der Waals surface area contributed by atoms with Crippen molar-refractivity contribution in [1.82, 2.24) is 5.32 Å². The molecule has 0 heterocycles. The Hall–Kier alpha value is -1.52. The maximum absolute atomic E-state index is 10.6. The number of urea groups is 1. The summed E-state index contributed by atoms with van der Waals surface area (Å²) in [6.07, 6.45) is 1.60. The van der Waals surface area contributed by atoms with Gasteiger partial charge in [-0.3, -0.25) is 10.3 Å². The molecule has 0 aromatic carbocycles. The lowest BCUT2D eigenvalue weighted by Gasteiger charge is -2.19. The molecular weight excluding hydrogens is 180 g/mol. The molecule has 2 amide bonds. The van der Waals surface area contributed by atoms with Gasteiger partial charge in [0.05, 0.1) is 0 Å². The number of allylic oxidation sites excluding steroid dienone is 1. The van der Waals surface area contributed by atoms with Crippen LogP contribution in [0.25, 0.3) is 0 Å². The summed E-state index contributed by atoms with van der Waals surface area (Å²) in [5.41, 5.74) is 11.2. The van der Waals surface area contributed by atoms with Crippen LogP contribution in [0, 0.1) is 5.41 Å². The van der Waals surface area contributed by atoms with Crippen molar-refractivity contribution in [3.8, 4) is 0 Å². The monoisotopic (exact) mass is 198 g/mol.